The predicted molar refractivity (Wildman–Crippen MR) is 78.7 cm³/mol. The highest BCUT2D eigenvalue weighted by Gasteiger charge is 2.27. The van der Waals surface area contributed by atoms with E-state index in [0.717, 1.165) is 32.6 Å². The monoisotopic (exact) mass is 299 g/mol. The molecule has 1 aromatic carbocycles. The van der Waals surface area contributed by atoms with E-state index in [-0.39, 0.29) is 11.9 Å². The van der Waals surface area contributed by atoms with Crippen LogP contribution in [0, 0.1) is 11.7 Å². The highest BCUT2D eigenvalue weighted by molar-refractivity contribution is 7.85. The summed E-state index contributed by atoms with van der Waals surface area (Å²) in [6, 6.07) is 6.23. The van der Waals surface area contributed by atoms with E-state index in [1.165, 1.54) is 12.1 Å². The lowest BCUT2D eigenvalue weighted by Gasteiger charge is -2.23. The SMILES string of the molecule is CCCNC(CS(=O)c1cccc(F)c1)C1CCOC1. The molecule has 1 fully saturated rings. The Morgan fingerprint density at radius 3 is 3.05 bits per heavy atom. The summed E-state index contributed by atoms with van der Waals surface area (Å²) >= 11 is 0. The van der Waals surface area contributed by atoms with Gasteiger partial charge in [-0.15, -0.1) is 0 Å². The predicted octanol–water partition coefficient (Wildman–Crippen LogP) is 2.34. The second kappa shape index (κ2) is 7.86. The molecular formula is C15H22FNO2S. The normalized spacial score (nSPS) is 21.8. The fraction of sp³-hybridized carbons (Fsp3) is 0.600. The van der Waals surface area contributed by atoms with E-state index in [0.29, 0.717) is 16.6 Å². The van der Waals surface area contributed by atoms with Gasteiger partial charge in [-0.25, -0.2) is 4.39 Å². The lowest BCUT2D eigenvalue weighted by Crippen LogP contribution is -2.41. The summed E-state index contributed by atoms with van der Waals surface area (Å²) in [6.45, 7) is 4.52. The van der Waals surface area contributed by atoms with E-state index in [2.05, 4.69) is 12.2 Å². The summed E-state index contributed by atoms with van der Waals surface area (Å²) in [5.74, 6) is 0.578. The fourth-order valence-electron chi connectivity index (χ4n) is 2.43. The van der Waals surface area contributed by atoms with E-state index in [9.17, 15) is 8.60 Å². The second-order valence-electron chi connectivity index (χ2n) is 5.15. The van der Waals surface area contributed by atoms with Gasteiger partial charge in [-0.05, 0) is 37.6 Å². The summed E-state index contributed by atoms with van der Waals surface area (Å²) in [7, 11) is -1.18. The van der Waals surface area contributed by atoms with Crippen LogP contribution in [0.15, 0.2) is 29.2 Å². The molecule has 1 N–H and O–H groups in total. The third-order valence-corrected chi connectivity index (χ3v) is 5.02. The molecule has 0 aromatic heterocycles. The molecule has 112 valence electrons. The zero-order chi connectivity index (χ0) is 14.4. The molecule has 0 radical (unpaired) electrons. The van der Waals surface area contributed by atoms with Crippen LogP contribution in [0.2, 0.25) is 0 Å². The molecule has 2 rings (SSSR count). The van der Waals surface area contributed by atoms with Crippen LogP contribution in [-0.4, -0.2) is 35.8 Å². The molecule has 3 unspecified atom stereocenters. The first-order valence-electron chi connectivity index (χ1n) is 7.15. The highest BCUT2D eigenvalue weighted by Crippen LogP contribution is 2.19. The summed E-state index contributed by atoms with van der Waals surface area (Å²) in [4.78, 5) is 0.562. The minimum atomic E-state index is -1.18. The first-order valence-corrected chi connectivity index (χ1v) is 8.47. The third kappa shape index (κ3) is 4.36. The number of benzene rings is 1. The van der Waals surface area contributed by atoms with Crippen molar-refractivity contribution in [1.29, 1.82) is 0 Å². The van der Waals surface area contributed by atoms with Crippen LogP contribution < -0.4 is 5.32 Å². The molecule has 20 heavy (non-hydrogen) atoms. The summed E-state index contributed by atoms with van der Waals surface area (Å²) in [6.07, 6.45) is 2.04. The molecule has 5 heteroatoms. The quantitative estimate of drug-likeness (QED) is 0.840. The molecule has 3 nitrogen and oxygen atoms in total. The third-order valence-electron chi connectivity index (χ3n) is 3.58. The van der Waals surface area contributed by atoms with Gasteiger partial charge in [-0.2, -0.15) is 0 Å². The van der Waals surface area contributed by atoms with Gasteiger partial charge in [0.2, 0.25) is 0 Å². The summed E-state index contributed by atoms with van der Waals surface area (Å²) in [5.41, 5.74) is 0. The average Bonchev–Trinajstić information content (AvgIpc) is 2.97. The van der Waals surface area contributed by atoms with E-state index in [1.807, 2.05) is 0 Å². The Hall–Kier alpha value is -0.780. The van der Waals surface area contributed by atoms with Crippen molar-refractivity contribution in [3.05, 3.63) is 30.1 Å². The van der Waals surface area contributed by atoms with Crippen molar-refractivity contribution in [3.63, 3.8) is 0 Å². The van der Waals surface area contributed by atoms with Gasteiger partial charge in [0, 0.05) is 29.2 Å². The van der Waals surface area contributed by atoms with Crippen molar-refractivity contribution < 1.29 is 13.3 Å². The first kappa shape index (κ1) is 15.6. The number of halogens is 1. The van der Waals surface area contributed by atoms with E-state index in [1.54, 1.807) is 12.1 Å². The lowest BCUT2D eigenvalue weighted by atomic mass is 10.0. The zero-order valence-electron chi connectivity index (χ0n) is 11.8. The van der Waals surface area contributed by atoms with Gasteiger partial charge >= 0.3 is 0 Å². The van der Waals surface area contributed by atoms with E-state index < -0.39 is 10.8 Å². The van der Waals surface area contributed by atoms with Crippen LogP contribution >= 0.6 is 0 Å². The maximum absolute atomic E-state index is 13.2. The van der Waals surface area contributed by atoms with Crippen LogP contribution in [-0.2, 0) is 15.5 Å². The van der Waals surface area contributed by atoms with Crippen LogP contribution in [0.5, 0.6) is 0 Å². The smallest absolute Gasteiger partial charge is 0.124 e. The lowest BCUT2D eigenvalue weighted by molar-refractivity contribution is 0.179. The Morgan fingerprint density at radius 2 is 2.40 bits per heavy atom. The fourth-order valence-corrected chi connectivity index (χ4v) is 3.81. The molecule has 0 aliphatic carbocycles. The maximum Gasteiger partial charge on any atom is 0.124 e. The molecule has 1 aliphatic rings. The van der Waals surface area contributed by atoms with E-state index in [4.69, 9.17) is 4.74 Å². The largest absolute Gasteiger partial charge is 0.381 e. The van der Waals surface area contributed by atoms with Crippen molar-refractivity contribution in [2.45, 2.75) is 30.7 Å². The molecule has 0 amide bonds. The molecule has 0 spiro atoms. The minimum absolute atomic E-state index is 0.168. The Labute approximate surface area is 122 Å². The second-order valence-corrected chi connectivity index (χ2v) is 6.65. The molecule has 1 aliphatic heterocycles. The van der Waals surface area contributed by atoms with Crippen molar-refractivity contribution >= 4 is 10.8 Å². The number of nitrogens with one attached hydrogen (secondary N) is 1. The van der Waals surface area contributed by atoms with Crippen LogP contribution in [0.3, 0.4) is 0 Å². The molecule has 1 aromatic rings. The van der Waals surface area contributed by atoms with Crippen molar-refractivity contribution in [2.24, 2.45) is 5.92 Å². The average molecular weight is 299 g/mol. The maximum atomic E-state index is 13.2. The number of ether oxygens (including phenoxy) is 1. The van der Waals surface area contributed by atoms with Crippen LogP contribution in [0.1, 0.15) is 19.8 Å². The van der Waals surface area contributed by atoms with Crippen molar-refractivity contribution in [2.75, 3.05) is 25.5 Å². The van der Waals surface area contributed by atoms with E-state index >= 15 is 0 Å². The number of rotatable bonds is 7. The summed E-state index contributed by atoms with van der Waals surface area (Å²) in [5, 5.41) is 3.46. The van der Waals surface area contributed by atoms with Gasteiger partial charge in [0.1, 0.15) is 5.82 Å². The molecule has 1 saturated heterocycles. The van der Waals surface area contributed by atoms with Gasteiger partial charge in [0.25, 0.3) is 0 Å². The first-order chi connectivity index (χ1) is 9.70. The standard InChI is InChI=1S/C15H22FNO2S/c1-2-7-17-15(12-6-8-19-10-12)11-20(18)14-5-3-4-13(16)9-14/h3-5,9,12,15,17H,2,6-8,10-11H2,1H3. The molecule has 0 bridgehead atoms. The number of hydrogen-bond acceptors (Lipinski definition) is 3. The number of hydrogen-bond donors (Lipinski definition) is 1. The summed E-state index contributed by atoms with van der Waals surface area (Å²) < 4.78 is 31.0. The highest BCUT2D eigenvalue weighted by atomic mass is 32.2. The Kier molecular flexibility index (Phi) is 6.13. The van der Waals surface area contributed by atoms with Gasteiger partial charge in [0.05, 0.1) is 17.4 Å². The molecular weight excluding hydrogens is 277 g/mol. The minimum Gasteiger partial charge on any atom is -0.381 e. The van der Waals surface area contributed by atoms with Gasteiger partial charge in [-0.3, -0.25) is 4.21 Å². The Bertz CT molecular complexity index is 449. The van der Waals surface area contributed by atoms with Crippen molar-refractivity contribution in [1.82, 2.24) is 5.32 Å². The zero-order valence-corrected chi connectivity index (χ0v) is 12.6. The van der Waals surface area contributed by atoms with Gasteiger partial charge < -0.3 is 10.1 Å². The topological polar surface area (TPSA) is 38.3 Å². The molecule has 1 heterocycles. The Morgan fingerprint density at radius 1 is 1.55 bits per heavy atom. The molecule has 3 atom stereocenters. The Balaban J connectivity index is 2.00. The van der Waals surface area contributed by atoms with Gasteiger partial charge in [-0.1, -0.05) is 13.0 Å². The van der Waals surface area contributed by atoms with Crippen LogP contribution in [0.4, 0.5) is 4.39 Å². The van der Waals surface area contributed by atoms with Gasteiger partial charge in [0.15, 0.2) is 0 Å². The van der Waals surface area contributed by atoms with Crippen LogP contribution in [0.25, 0.3) is 0 Å². The van der Waals surface area contributed by atoms with Crippen molar-refractivity contribution in [3.8, 4) is 0 Å². The molecule has 0 saturated carbocycles.